The number of hydrogen-bond donors (Lipinski definition) is 0. The largest absolute Gasteiger partial charge is 0.294 e. The maximum atomic E-state index is 13.8. The van der Waals surface area contributed by atoms with E-state index in [1.165, 1.54) is 48.1 Å². The van der Waals surface area contributed by atoms with Gasteiger partial charge < -0.3 is 0 Å². The molecule has 1 aliphatic heterocycles. The van der Waals surface area contributed by atoms with Crippen molar-refractivity contribution in [1.29, 1.82) is 0 Å². The first-order valence-corrected chi connectivity index (χ1v) is 14.0. The first-order chi connectivity index (χ1) is 15.7. The Morgan fingerprint density at radius 2 is 1.97 bits per heavy atom. The van der Waals surface area contributed by atoms with E-state index in [-0.39, 0.29) is 5.56 Å². The van der Waals surface area contributed by atoms with Crippen molar-refractivity contribution in [2.45, 2.75) is 82.6 Å². The Morgan fingerprint density at radius 1 is 1.16 bits per heavy atom. The normalized spacial score (nSPS) is 17.7. The number of fused-ring (bicyclic) bond motifs is 3. The summed E-state index contributed by atoms with van der Waals surface area (Å²) in [6.45, 7) is 5.14. The van der Waals surface area contributed by atoms with Crippen LogP contribution in [0.2, 0.25) is 0 Å². The van der Waals surface area contributed by atoms with Gasteiger partial charge >= 0.3 is 0 Å². The number of thioether (sulfide) groups is 1. The van der Waals surface area contributed by atoms with Crippen LogP contribution in [0.3, 0.4) is 0 Å². The Labute approximate surface area is 199 Å². The predicted octanol–water partition coefficient (Wildman–Crippen LogP) is 6.41. The lowest BCUT2D eigenvalue weighted by Crippen LogP contribution is -2.29. The molecule has 6 heteroatoms. The van der Waals surface area contributed by atoms with Gasteiger partial charge in [-0.2, -0.15) is 0 Å². The Bertz CT molecular complexity index is 1120. The Hall–Kier alpha value is -1.63. The average molecular weight is 468 g/mol. The molecule has 2 aliphatic rings. The van der Waals surface area contributed by atoms with Crippen LogP contribution in [0, 0.1) is 0 Å². The number of aromatic nitrogens is 2. The van der Waals surface area contributed by atoms with Crippen molar-refractivity contribution in [3.05, 3.63) is 56.7 Å². The minimum Gasteiger partial charge on any atom is -0.294 e. The molecule has 0 N–H and O–H groups in total. The summed E-state index contributed by atoms with van der Waals surface area (Å²) >= 11 is 3.51. The van der Waals surface area contributed by atoms with Gasteiger partial charge in [-0.15, -0.1) is 11.3 Å². The van der Waals surface area contributed by atoms with E-state index >= 15 is 0 Å². The van der Waals surface area contributed by atoms with E-state index in [4.69, 9.17) is 4.98 Å². The minimum absolute atomic E-state index is 0.218. The Morgan fingerprint density at radius 3 is 2.75 bits per heavy atom. The SMILES string of the molecule is CCCCSc1nc2c3c(sc2c(=O)n1C1CCCCC1)CN(Cc1ccccc1)CC3. The summed E-state index contributed by atoms with van der Waals surface area (Å²) in [5.41, 5.74) is 3.90. The molecule has 0 unspecified atom stereocenters. The molecule has 0 spiro atoms. The summed E-state index contributed by atoms with van der Waals surface area (Å²) in [6.07, 6.45) is 9.31. The fraction of sp³-hybridized carbons (Fsp3) is 0.538. The van der Waals surface area contributed by atoms with Crippen LogP contribution in [0.5, 0.6) is 0 Å². The fourth-order valence-electron chi connectivity index (χ4n) is 5.10. The Balaban J connectivity index is 1.49. The molecular formula is C26H33N3OS2. The van der Waals surface area contributed by atoms with E-state index in [2.05, 4.69) is 46.7 Å². The van der Waals surface area contributed by atoms with Crippen molar-refractivity contribution in [1.82, 2.24) is 14.5 Å². The molecule has 4 nitrogen and oxygen atoms in total. The van der Waals surface area contributed by atoms with Crippen molar-refractivity contribution in [3.8, 4) is 0 Å². The molecule has 0 bridgehead atoms. The third kappa shape index (κ3) is 4.55. The molecule has 1 saturated carbocycles. The average Bonchev–Trinajstić information content (AvgIpc) is 3.19. The molecule has 1 aliphatic carbocycles. The molecule has 3 heterocycles. The molecule has 0 atom stereocenters. The molecule has 3 aromatic rings. The molecule has 32 heavy (non-hydrogen) atoms. The highest BCUT2D eigenvalue weighted by atomic mass is 32.2. The maximum Gasteiger partial charge on any atom is 0.272 e. The smallest absolute Gasteiger partial charge is 0.272 e. The first-order valence-electron chi connectivity index (χ1n) is 12.2. The quantitative estimate of drug-likeness (QED) is 0.228. The van der Waals surface area contributed by atoms with Gasteiger partial charge in [0.2, 0.25) is 0 Å². The third-order valence-corrected chi connectivity index (χ3v) is 9.09. The van der Waals surface area contributed by atoms with E-state index in [1.807, 2.05) is 0 Å². The summed E-state index contributed by atoms with van der Waals surface area (Å²) in [5, 5.41) is 0.968. The van der Waals surface area contributed by atoms with E-state index in [0.29, 0.717) is 6.04 Å². The van der Waals surface area contributed by atoms with Crippen molar-refractivity contribution < 1.29 is 0 Å². The van der Waals surface area contributed by atoms with Crippen LogP contribution in [-0.4, -0.2) is 26.7 Å². The second kappa shape index (κ2) is 10.1. The van der Waals surface area contributed by atoms with Crippen LogP contribution in [0.25, 0.3) is 10.2 Å². The van der Waals surface area contributed by atoms with Crippen LogP contribution in [0.15, 0.2) is 40.3 Å². The van der Waals surface area contributed by atoms with Gasteiger partial charge in [0.05, 0.1) is 5.52 Å². The summed E-state index contributed by atoms with van der Waals surface area (Å²) in [7, 11) is 0. The van der Waals surface area contributed by atoms with Gasteiger partial charge in [-0.05, 0) is 36.8 Å². The minimum atomic E-state index is 0.218. The van der Waals surface area contributed by atoms with Crippen molar-refractivity contribution >= 4 is 33.3 Å². The van der Waals surface area contributed by atoms with Crippen LogP contribution < -0.4 is 5.56 Å². The van der Waals surface area contributed by atoms with Gasteiger partial charge in [-0.1, -0.05) is 74.7 Å². The molecule has 1 fully saturated rings. The molecule has 0 saturated heterocycles. The topological polar surface area (TPSA) is 38.1 Å². The predicted molar refractivity (Wildman–Crippen MR) is 136 cm³/mol. The lowest BCUT2D eigenvalue weighted by atomic mass is 9.95. The lowest BCUT2D eigenvalue weighted by molar-refractivity contribution is 0.249. The number of unbranched alkanes of at least 4 members (excludes halogenated alkanes) is 1. The van der Waals surface area contributed by atoms with Gasteiger partial charge in [0, 0.05) is 36.3 Å². The highest BCUT2D eigenvalue weighted by molar-refractivity contribution is 7.99. The zero-order valence-corrected chi connectivity index (χ0v) is 20.6. The van der Waals surface area contributed by atoms with Crippen LogP contribution in [-0.2, 0) is 19.5 Å². The monoisotopic (exact) mass is 467 g/mol. The summed E-state index contributed by atoms with van der Waals surface area (Å²) < 4.78 is 2.98. The highest BCUT2D eigenvalue weighted by Gasteiger charge is 2.27. The second-order valence-electron chi connectivity index (χ2n) is 9.19. The molecule has 170 valence electrons. The summed E-state index contributed by atoms with van der Waals surface area (Å²) in [4.78, 5) is 22.8. The van der Waals surface area contributed by atoms with Gasteiger partial charge in [0.1, 0.15) is 4.70 Å². The van der Waals surface area contributed by atoms with Gasteiger partial charge in [0.15, 0.2) is 5.16 Å². The maximum absolute atomic E-state index is 13.8. The van der Waals surface area contributed by atoms with Gasteiger partial charge in [0.25, 0.3) is 5.56 Å². The number of rotatable bonds is 7. The molecular weight excluding hydrogens is 434 g/mol. The number of nitrogens with zero attached hydrogens (tertiary/aromatic N) is 3. The van der Waals surface area contributed by atoms with E-state index in [0.717, 1.165) is 60.0 Å². The summed E-state index contributed by atoms with van der Waals surface area (Å²) in [5.74, 6) is 1.04. The fourth-order valence-corrected chi connectivity index (χ4v) is 7.51. The standard InChI is InChI=1S/C26H33N3OS2/c1-2-3-16-31-26-27-23-21-14-15-28(17-19-10-6-4-7-11-19)18-22(21)32-24(23)25(30)29(26)20-12-8-5-9-13-20/h4,6-7,10-11,20H,2-3,5,8-9,12-18H2,1H3. The van der Waals surface area contributed by atoms with Gasteiger partial charge in [-0.25, -0.2) is 4.98 Å². The second-order valence-corrected chi connectivity index (χ2v) is 11.4. The molecule has 2 aromatic heterocycles. The van der Waals surface area contributed by atoms with Crippen LogP contribution >= 0.6 is 23.1 Å². The van der Waals surface area contributed by atoms with Crippen molar-refractivity contribution in [2.75, 3.05) is 12.3 Å². The van der Waals surface area contributed by atoms with Crippen LogP contribution in [0.1, 0.15) is 73.9 Å². The highest BCUT2D eigenvalue weighted by Crippen LogP contribution is 2.36. The van der Waals surface area contributed by atoms with Gasteiger partial charge in [-0.3, -0.25) is 14.3 Å². The molecule has 0 amide bonds. The summed E-state index contributed by atoms with van der Waals surface area (Å²) in [6, 6.07) is 11.0. The van der Waals surface area contributed by atoms with Crippen molar-refractivity contribution in [2.24, 2.45) is 0 Å². The molecule has 1 aromatic carbocycles. The number of hydrogen-bond acceptors (Lipinski definition) is 5. The Kier molecular flexibility index (Phi) is 7.00. The number of benzene rings is 1. The molecule has 5 rings (SSSR count). The first kappa shape index (κ1) is 22.2. The van der Waals surface area contributed by atoms with E-state index in [9.17, 15) is 4.79 Å². The molecule has 0 radical (unpaired) electrons. The van der Waals surface area contributed by atoms with E-state index in [1.54, 1.807) is 23.1 Å². The zero-order chi connectivity index (χ0) is 21.9. The lowest BCUT2D eigenvalue weighted by Gasteiger charge is -2.27. The number of thiophene rings is 1. The van der Waals surface area contributed by atoms with Crippen LogP contribution in [0.4, 0.5) is 0 Å². The zero-order valence-electron chi connectivity index (χ0n) is 19.0. The van der Waals surface area contributed by atoms with Crippen molar-refractivity contribution in [3.63, 3.8) is 0 Å². The third-order valence-electron chi connectivity index (χ3n) is 6.85. The van der Waals surface area contributed by atoms with E-state index < -0.39 is 0 Å².